The van der Waals surface area contributed by atoms with Gasteiger partial charge in [-0.1, -0.05) is 48.9 Å². The Morgan fingerprint density at radius 2 is 1.77 bits per heavy atom. The number of nitrogens with zero attached hydrogens (tertiary/aromatic N) is 2. The summed E-state index contributed by atoms with van der Waals surface area (Å²) in [4.78, 5) is 15.6. The number of nitrogens with two attached hydrogens (primary N) is 1. The van der Waals surface area contributed by atoms with Crippen LogP contribution < -0.4 is 11.5 Å². The van der Waals surface area contributed by atoms with Crippen LogP contribution in [0.3, 0.4) is 0 Å². The van der Waals surface area contributed by atoms with Gasteiger partial charge in [0.25, 0.3) is 0 Å². The van der Waals surface area contributed by atoms with E-state index >= 15 is 0 Å². The van der Waals surface area contributed by atoms with E-state index in [2.05, 4.69) is 10.0 Å². The van der Waals surface area contributed by atoms with E-state index in [4.69, 9.17) is 10.3 Å². The molecule has 1 fully saturated rings. The van der Waals surface area contributed by atoms with Gasteiger partial charge in [0.05, 0.1) is 10.9 Å². The molecule has 2 atom stereocenters. The van der Waals surface area contributed by atoms with Gasteiger partial charge in [-0.15, -0.1) is 0 Å². The van der Waals surface area contributed by atoms with Crippen molar-refractivity contribution in [1.29, 1.82) is 0 Å². The SMILES string of the molecule is C/C(=N\N)C(CN1CCCCC1)C(c1ccccc1)c1c(O)c2ccccc2oc1=O. The highest BCUT2D eigenvalue weighted by atomic mass is 16.4. The average Bonchev–Trinajstić information content (AvgIpc) is 2.81. The monoisotopic (exact) mass is 419 g/mol. The molecule has 0 radical (unpaired) electrons. The van der Waals surface area contributed by atoms with Gasteiger partial charge < -0.3 is 20.3 Å². The molecule has 31 heavy (non-hydrogen) atoms. The van der Waals surface area contributed by atoms with E-state index in [-0.39, 0.29) is 17.2 Å². The Morgan fingerprint density at radius 1 is 1.10 bits per heavy atom. The van der Waals surface area contributed by atoms with Crippen LogP contribution in [0, 0.1) is 5.92 Å². The molecule has 162 valence electrons. The van der Waals surface area contributed by atoms with Gasteiger partial charge in [0.15, 0.2) is 0 Å². The fourth-order valence-corrected chi connectivity index (χ4v) is 4.68. The Hall–Kier alpha value is -3.12. The molecular weight excluding hydrogens is 390 g/mol. The molecule has 6 heteroatoms. The third kappa shape index (κ3) is 4.35. The molecule has 1 aliphatic heterocycles. The van der Waals surface area contributed by atoms with Gasteiger partial charge >= 0.3 is 5.63 Å². The van der Waals surface area contributed by atoms with Crippen LogP contribution in [-0.4, -0.2) is 35.4 Å². The van der Waals surface area contributed by atoms with Crippen LogP contribution in [0.5, 0.6) is 5.75 Å². The van der Waals surface area contributed by atoms with E-state index < -0.39 is 11.5 Å². The minimum atomic E-state index is -0.529. The standard InChI is InChI=1S/C25H29N3O3/c1-17(27-26)20(16-28-14-8-3-9-15-28)22(18-10-4-2-5-11-18)23-24(29)19-12-6-7-13-21(19)31-25(23)30/h2,4-7,10-13,20,22,29H,3,8-9,14-16,26H2,1H3/b27-17+. The summed E-state index contributed by atoms with van der Waals surface area (Å²) >= 11 is 0. The third-order valence-corrected chi connectivity index (χ3v) is 6.34. The number of benzene rings is 2. The molecule has 2 heterocycles. The van der Waals surface area contributed by atoms with Crippen molar-refractivity contribution in [2.24, 2.45) is 16.9 Å². The number of hydrazone groups is 1. The lowest BCUT2D eigenvalue weighted by Crippen LogP contribution is -2.40. The second kappa shape index (κ2) is 9.35. The predicted molar refractivity (Wildman–Crippen MR) is 124 cm³/mol. The molecule has 2 unspecified atom stereocenters. The molecule has 3 aromatic rings. The largest absolute Gasteiger partial charge is 0.507 e. The first-order chi connectivity index (χ1) is 15.1. The van der Waals surface area contributed by atoms with E-state index in [9.17, 15) is 9.90 Å². The fourth-order valence-electron chi connectivity index (χ4n) is 4.68. The van der Waals surface area contributed by atoms with E-state index in [1.54, 1.807) is 18.2 Å². The maximum Gasteiger partial charge on any atom is 0.343 e. The van der Waals surface area contributed by atoms with Gasteiger partial charge in [0, 0.05) is 24.1 Å². The first kappa shape index (κ1) is 21.1. The average molecular weight is 420 g/mol. The van der Waals surface area contributed by atoms with Crippen molar-refractivity contribution < 1.29 is 9.52 Å². The van der Waals surface area contributed by atoms with E-state index in [0.29, 0.717) is 17.5 Å². The van der Waals surface area contributed by atoms with Crippen molar-refractivity contribution in [3.05, 3.63) is 76.1 Å². The van der Waals surface area contributed by atoms with Crippen LogP contribution in [0.25, 0.3) is 11.0 Å². The van der Waals surface area contributed by atoms with Crippen LogP contribution in [-0.2, 0) is 0 Å². The zero-order chi connectivity index (χ0) is 21.8. The molecule has 0 bridgehead atoms. The van der Waals surface area contributed by atoms with Crippen molar-refractivity contribution in [2.45, 2.75) is 32.1 Å². The smallest absolute Gasteiger partial charge is 0.343 e. The van der Waals surface area contributed by atoms with Crippen LogP contribution in [0.4, 0.5) is 0 Å². The Bertz CT molecular complexity index is 1120. The summed E-state index contributed by atoms with van der Waals surface area (Å²) in [5.74, 6) is 5.10. The maximum absolute atomic E-state index is 13.2. The Kier molecular flexibility index (Phi) is 6.37. The quantitative estimate of drug-likeness (QED) is 0.272. The lowest BCUT2D eigenvalue weighted by Gasteiger charge is -2.34. The van der Waals surface area contributed by atoms with Crippen LogP contribution in [0.2, 0.25) is 0 Å². The number of para-hydroxylation sites is 1. The summed E-state index contributed by atoms with van der Waals surface area (Å²) in [5.41, 5.74) is 1.77. The summed E-state index contributed by atoms with van der Waals surface area (Å²) in [6.07, 6.45) is 3.55. The highest BCUT2D eigenvalue weighted by Crippen LogP contribution is 2.39. The number of rotatable bonds is 6. The lowest BCUT2D eigenvalue weighted by molar-refractivity contribution is 0.207. The Balaban J connectivity index is 1.90. The minimum Gasteiger partial charge on any atom is -0.507 e. The Morgan fingerprint density at radius 3 is 2.48 bits per heavy atom. The van der Waals surface area contributed by atoms with Gasteiger partial charge in [-0.05, 0) is 50.6 Å². The summed E-state index contributed by atoms with van der Waals surface area (Å²) < 4.78 is 5.63. The fraction of sp³-hybridized carbons (Fsp3) is 0.360. The van der Waals surface area contributed by atoms with Crippen molar-refractivity contribution in [1.82, 2.24) is 4.90 Å². The van der Waals surface area contributed by atoms with E-state index in [1.807, 2.05) is 43.3 Å². The summed E-state index contributed by atoms with van der Waals surface area (Å²) in [6, 6.07) is 16.8. The molecule has 0 amide bonds. The summed E-state index contributed by atoms with van der Waals surface area (Å²) in [5, 5.41) is 15.8. The molecule has 6 nitrogen and oxygen atoms in total. The Labute approximate surface area is 182 Å². The minimum absolute atomic E-state index is 0.0332. The second-order valence-electron chi connectivity index (χ2n) is 8.27. The number of aromatic hydroxyl groups is 1. The zero-order valence-electron chi connectivity index (χ0n) is 17.8. The maximum atomic E-state index is 13.2. The first-order valence-electron chi connectivity index (χ1n) is 10.9. The molecule has 0 saturated carbocycles. The summed E-state index contributed by atoms with van der Waals surface area (Å²) in [7, 11) is 0. The molecule has 1 aliphatic rings. The molecule has 0 spiro atoms. The third-order valence-electron chi connectivity index (χ3n) is 6.34. The first-order valence-corrected chi connectivity index (χ1v) is 10.9. The molecule has 1 saturated heterocycles. The van der Waals surface area contributed by atoms with Gasteiger partial charge in [0.2, 0.25) is 0 Å². The van der Waals surface area contributed by atoms with Crippen molar-refractivity contribution in [3.63, 3.8) is 0 Å². The van der Waals surface area contributed by atoms with Gasteiger partial charge in [-0.2, -0.15) is 5.10 Å². The highest BCUT2D eigenvalue weighted by Gasteiger charge is 2.34. The van der Waals surface area contributed by atoms with Crippen molar-refractivity contribution in [3.8, 4) is 5.75 Å². The lowest BCUT2D eigenvalue weighted by atomic mass is 9.78. The van der Waals surface area contributed by atoms with Gasteiger partial charge in [-0.3, -0.25) is 0 Å². The normalized spacial score (nSPS) is 17.5. The number of hydrogen-bond acceptors (Lipinski definition) is 6. The number of likely N-dealkylation sites (tertiary alicyclic amines) is 1. The molecule has 3 N–H and O–H groups in total. The molecular formula is C25H29N3O3. The van der Waals surface area contributed by atoms with Gasteiger partial charge in [-0.25, -0.2) is 4.79 Å². The van der Waals surface area contributed by atoms with Crippen LogP contribution in [0.15, 0.2) is 68.9 Å². The molecule has 1 aromatic heterocycles. The highest BCUT2D eigenvalue weighted by molar-refractivity contribution is 5.88. The van der Waals surface area contributed by atoms with Crippen LogP contribution in [0.1, 0.15) is 43.2 Å². The van der Waals surface area contributed by atoms with E-state index in [1.165, 1.54) is 6.42 Å². The molecule has 2 aromatic carbocycles. The number of fused-ring (bicyclic) bond motifs is 1. The van der Waals surface area contributed by atoms with Crippen molar-refractivity contribution >= 4 is 16.7 Å². The second-order valence-corrected chi connectivity index (χ2v) is 8.27. The predicted octanol–water partition coefficient (Wildman–Crippen LogP) is 4.07. The van der Waals surface area contributed by atoms with E-state index in [0.717, 1.165) is 37.2 Å². The number of piperidine rings is 1. The molecule has 4 rings (SSSR count). The molecule has 0 aliphatic carbocycles. The zero-order valence-corrected chi connectivity index (χ0v) is 17.8. The topological polar surface area (TPSA) is 92.1 Å². The summed E-state index contributed by atoms with van der Waals surface area (Å²) in [6.45, 7) is 4.62. The van der Waals surface area contributed by atoms with Gasteiger partial charge in [0.1, 0.15) is 11.3 Å². The van der Waals surface area contributed by atoms with Crippen LogP contribution >= 0.6 is 0 Å². The van der Waals surface area contributed by atoms with Crippen molar-refractivity contribution in [2.75, 3.05) is 19.6 Å². The number of hydrogen-bond donors (Lipinski definition) is 2.